The Labute approximate surface area is 247 Å². The number of benzene rings is 3. The largest absolute Gasteiger partial charge is 0.480 e. The van der Waals surface area contributed by atoms with E-state index in [0.717, 1.165) is 27.8 Å². The van der Waals surface area contributed by atoms with Gasteiger partial charge in [0, 0.05) is 18.9 Å². The molecule has 0 bridgehead atoms. The number of ether oxygens (including phenoxy) is 2. The second kappa shape index (κ2) is 14.6. The molecule has 4 rings (SSSR count). The van der Waals surface area contributed by atoms with Crippen molar-refractivity contribution in [3.63, 3.8) is 0 Å². The molecule has 1 aliphatic rings. The van der Waals surface area contributed by atoms with Crippen LogP contribution in [0.2, 0.25) is 0 Å². The van der Waals surface area contributed by atoms with Gasteiger partial charge in [0.25, 0.3) is 0 Å². The first kappa shape index (κ1) is 30.8. The van der Waals surface area contributed by atoms with E-state index in [0.29, 0.717) is 6.42 Å². The number of hydrogen-bond acceptors (Lipinski definition) is 5. The summed E-state index contributed by atoms with van der Waals surface area (Å²) in [5.41, 5.74) is 5.50. The van der Waals surface area contributed by atoms with E-state index >= 15 is 0 Å². The van der Waals surface area contributed by atoms with E-state index in [-0.39, 0.29) is 43.9 Å². The van der Waals surface area contributed by atoms with Crippen molar-refractivity contribution in [2.24, 2.45) is 11.8 Å². The molecule has 3 aromatic rings. The lowest BCUT2D eigenvalue weighted by Crippen LogP contribution is -2.49. The molecule has 0 aromatic heterocycles. The Kier molecular flexibility index (Phi) is 10.7. The van der Waals surface area contributed by atoms with Gasteiger partial charge in [-0.15, -0.1) is 0 Å². The Morgan fingerprint density at radius 3 is 2.05 bits per heavy atom. The number of aliphatic carboxylic acids is 1. The van der Waals surface area contributed by atoms with Gasteiger partial charge in [-0.25, -0.2) is 9.59 Å². The smallest absolute Gasteiger partial charge is 0.407 e. The summed E-state index contributed by atoms with van der Waals surface area (Å²) >= 11 is 0. The Morgan fingerprint density at radius 2 is 1.45 bits per heavy atom. The first-order chi connectivity index (χ1) is 20.2. The highest BCUT2D eigenvalue weighted by molar-refractivity contribution is 5.84. The maximum atomic E-state index is 12.9. The van der Waals surface area contributed by atoms with Crippen molar-refractivity contribution in [3.8, 4) is 11.1 Å². The number of amides is 2. The zero-order chi connectivity index (χ0) is 30.1. The van der Waals surface area contributed by atoms with Gasteiger partial charge in [0.15, 0.2) is 6.04 Å². The standard InChI is InChI=1S/C34H40N2O6/c1-22(2)17-25(18-31(37)36-32(33(38)39)23(3)41-20-24-11-5-4-6-12-24)19-35-34(40)42-21-30-28-15-9-7-13-26(28)27-14-8-10-16-29(27)30/h4-16,22-23,25,30,32H,17-21H2,1-3H3,(H,35,40)(H,36,37)(H,38,39)/t23-,25?,32+/m1/s1. The number of carbonyl (C=O) groups excluding carboxylic acids is 2. The molecule has 0 fully saturated rings. The van der Waals surface area contributed by atoms with Crippen LogP contribution in [-0.4, -0.2) is 48.4 Å². The molecule has 0 saturated carbocycles. The van der Waals surface area contributed by atoms with E-state index in [2.05, 4.69) is 34.9 Å². The lowest BCUT2D eigenvalue weighted by molar-refractivity contribution is -0.146. The molecular weight excluding hydrogens is 532 g/mol. The maximum absolute atomic E-state index is 12.9. The highest BCUT2D eigenvalue weighted by Crippen LogP contribution is 2.44. The molecule has 1 aliphatic carbocycles. The molecule has 3 aromatic carbocycles. The van der Waals surface area contributed by atoms with Crippen LogP contribution in [0.1, 0.15) is 56.2 Å². The quantitative estimate of drug-likeness (QED) is 0.227. The summed E-state index contributed by atoms with van der Waals surface area (Å²) in [5.74, 6) is -1.53. The Hall–Kier alpha value is -4.17. The molecule has 3 N–H and O–H groups in total. The predicted octanol–water partition coefficient (Wildman–Crippen LogP) is 5.75. The monoisotopic (exact) mass is 572 g/mol. The second-order valence-corrected chi connectivity index (χ2v) is 11.3. The van der Waals surface area contributed by atoms with Crippen LogP contribution in [0.25, 0.3) is 11.1 Å². The third-order valence-electron chi connectivity index (χ3n) is 7.57. The minimum Gasteiger partial charge on any atom is -0.480 e. The van der Waals surface area contributed by atoms with E-state index in [1.807, 2.05) is 68.4 Å². The molecule has 0 heterocycles. The summed E-state index contributed by atoms with van der Waals surface area (Å²) in [5, 5.41) is 15.2. The third kappa shape index (κ3) is 8.19. The van der Waals surface area contributed by atoms with Crippen LogP contribution in [0.3, 0.4) is 0 Å². The van der Waals surface area contributed by atoms with Gasteiger partial charge in [0.05, 0.1) is 12.7 Å². The zero-order valence-electron chi connectivity index (χ0n) is 24.4. The molecule has 8 nitrogen and oxygen atoms in total. The van der Waals surface area contributed by atoms with E-state index in [9.17, 15) is 19.5 Å². The number of alkyl carbamates (subject to hydrolysis) is 1. The van der Waals surface area contributed by atoms with E-state index < -0.39 is 30.1 Å². The van der Waals surface area contributed by atoms with Gasteiger partial charge in [-0.1, -0.05) is 92.7 Å². The zero-order valence-corrected chi connectivity index (χ0v) is 24.4. The van der Waals surface area contributed by atoms with Crippen LogP contribution < -0.4 is 10.6 Å². The number of hydrogen-bond donors (Lipinski definition) is 3. The summed E-state index contributed by atoms with van der Waals surface area (Å²) < 4.78 is 11.4. The number of carbonyl (C=O) groups is 3. The molecule has 8 heteroatoms. The first-order valence-corrected chi connectivity index (χ1v) is 14.5. The normalized spacial score (nSPS) is 14.4. The average Bonchev–Trinajstić information content (AvgIpc) is 3.30. The number of rotatable bonds is 14. The van der Waals surface area contributed by atoms with Crippen molar-refractivity contribution < 1.29 is 29.0 Å². The molecule has 1 unspecified atom stereocenters. The number of carboxylic acid groups (broad SMARTS) is 1. The van der Waals surface area contributed by atoms with Crippen molar-refractivity contribution in [1.29, 1.82) is 0 Å². The van der Waals surface area contributed by atoms with Crippen LogP contribution in [0.5, 0.6) is 0 Å². The van der Waals surface area contributed by atoms with Gasteiger partial charge < -0.3 is 25.2 Å². The van der Waals surface area contributed by atoms with Crippen LogP contribution in [0, 0.1) is 11.8 Å². The fourth-order valence-electron chi connectivity index (χ4n) is 5.56. The van der Waals surface area contributed by atoms with E-state index in [1.165, 1.54) is 0 Å². The molecular formula is C34H40N2O6. The predicted molar refractivity (Wildman–Crippen MR) is 161 cm³/mol. The topological polar surface area (TPSA) is 114 Å². The van der Waals surface area contributed by atoms with Gasteiger partial charge >= 0.3 is 12.1 Å². The third-order valence-corrected chi connectivity index (χ3v) is 7.57. The van der Waals surface area contributed by atoms with E-state index in [1.54, 1.807) is 6.92 Å². The van der Waals surface area contributed by atoms with Crippen LogP contribution in [0.15, 0.2) is 78.9 Å². The molecule has 0 saturated heterocycles. The Balaban J connectivity index is 1.29. The van der Waals surface area contributed by atoms with Gasteiger partial charge in [-0.2, -0.15) is 0 Å². The first-order valence-electron chi connectivity index (χ1n) is 14.5. The molecule has 2 amide bonds. The van der Waals surface area contributed by atoms with Crippen molar-refractivity contribution in [2.45, 2.75) is 58.3 Å². The number of fused-ring (bicyclic) bond motifs is 3. The highest BCUT2D eigenvalue weighted by Gasteiger charge is 2.30. The molecule has 3 atom stereocenters. The SMILES string of the molecule is CC(C)CC(CNC(=O)OCC1c2ccccc2-c2ccccc21)CC(=O)N[C@H](C(=O)O)[C@@H](C)OCc1ccccc1. The molecule has 0 spiro atoms. The molecule has 42 heavy (non-hydrogen) atoms. The minimum absolute atomic E-state index is 0.0422. The summed E-state index contributed by atoms with van der Waals surface area (Å²) in [6.07, 6.45) is -0.544. The summed E-state index contributed by atoms with van der Waals surface area (Å²) in [6, 6.07) is 24.5. The molecule has 0 aliphatic heterocycles. The van der Waals surface area contributed by atoms with Gasteiger partial charge in [-0.3, -0.25) is 4.79 Å². The Morgan fingerprint density at radius 1 is 0.857 bits per heavy atom. The van der Waals surface area contributed by atoms with Crippen LogP contribution >= 0.6 is 0 Å². The van der Waals surface area contributed by atoms with Crippen molar-refractivity contribution in [3.05, 3.63) is 95.6 Å². The van der Waals surface area contributed by atoms with Crippen molar-refractivity contribution >= 4 is 18.0 Å². The fraction of sp³-hybridized carbons (Fsp3) is 0.382. The number of nitrogens with one attached hydrogen (secondary N) is 2. The fourth-order valence-corrected chi connectivity index (χ4v) is 5.56. The average molecular weight is 573 g/mol. The highest BCUT2D eigenvalue weighted by atomic mass is 16.5. The van der Waals surface area contributed by atoms with Crippen LogP contribution in [0.4, 0.5) is 4.79 Å². The lowest BCUT2D eigenvalue weighted by atomic mass is 9.93. The van der Waals surface area contributed by atoms with Crippen molar-refractivity contribution in [2.75, 3.05) is 13.2 Å². The lowest BCUT2D eigenvalue weighted by Gasteiger charge is -2.24. The summed E-state index contributed by atoms with van der Waals surface area (Å²) in [4.78, 5) is 37.6. The summed E-state index contributed by atoms with van der Waals surface area (Å²) in [6.45, 7) is 6.39. The molecule has 0 radical (unpaired) electrons. The van der Waals surface area contributed by atoms with Crippen LogP contribution in [-0.2, 0) is 25.7 Å². The maximum Gasteiger partial charge on any atom is 0.407 e. The number of carboxylic acids is 1. The van der Waals surface area contributed by atoms with E-state index in [4.69, 9.17) is 9.47 Å². The van der Waals surface area contributed by atoms with Gasteiger partial charge in [0.1, 0.15) is 6.61 Å². The van der Waals surface area contributed by atoms with Crippen molar-refractivity contribution in [1.82, 2.24) is 10.6 Å². The summed E-state index contributed by atoms with van der Waals surface area (Å²) in [7, 11) is 0. The Bertz CT molecular complexity index is 1310. The van der Waals surface area contributed by atoms with Gasteiger partial charge in [-0.05, 0) is 53.0 Å². The molecule has 222 valence electrons. The minimum atomic E-state index is -1.20. The van der Waals surface area contributed by atoms with Gasteiger partial charge in [0.2, 0.25) is 5.91 Å². The second-order valence-electron chi connectivity index (χ2n) is 11.3.